The molecule has 0 spiro atoms. The van der Waals surface area contributed by atoms with Gasteiger partial charge in [0.2, 0.25) is 5.82 Å². The molecule has 1 saturated heterocycles. The first kappa shape index (κ1) is 17.3. The number of quaternary nitrogens is 2. The highest BCUT2D eigenvalue weighted by molar-refractivity contribution is 6.30. The van der Waals surface area contributed by atoms with Gasteiger partial charge in [-0.15, -0.1) is 5.10 Å². The topological polar surface area (TPSA) is 61.7 Å². The van der Waals surface area contributed by atoms with Gasteiger partial charge in [-0.3, -0.25) is 0 Å². The van der Waals surface area contributed by atoms with Crippen LogP contribution in [0.2, 0.25) is 5.02 Å². The van der Waals surface area contributed by atoms with Gasteiger partial charge in [-0.1, -0.05) is 23.7 Å². The van der Waals surface area contributed by atoms with Gasteiger partial charge in [0.15, 0.2) is 6.04 Å². The Balaban J connectivity index is 1.92. The lowest BCUT2D eigenvalue weighted by Crippen LogP contribution is -3.27. The molecule has 1 aromatic carbocycles. The number of hydrogen-bond acceptors (Lipinski definition) is 4. The van der Waals surface area contributed by atoms with Gasteiger partial charge in [0, 0.05) is 17.7 Å². The number of likely N-dealkylation sites (N-methyl/N-ethyl adjacent to an activating group) is 1. The highest BCUT2D eigenvalue weighted by Crippen LogP contribution is 2.19. The molecule has 7 nitrogen and oxygen atoms in total. The standard InChI is InChI=1S/C16H23ClN6O/c1-21-7-9-22(10-8-21)15(13-3-5-14(17)6-4-13)16-18-19-20-23(16)11-12-24-2/h3-6,15H,7-12H2,1-2H3/p+2/t15-/m1/s1. The van der Waals surface area contributed by atoms with E-state index >= 15 is 0 Å². The molecule has 130 valence electrons. The van der Waals surface area contributed by atoms with Crippen LogP contribution in [0.3, 0.4) is 0 Å². The summed E-state index contributed by atoms with van der Waals surface area (Å²) in [5.74, 6) is 0.893. The van der Waals surface area contributed by atoms with Crippen LogP contribution in [0.5, 0.6) is 0 Å². The summed E-state index contributed by atoms with van der Waals surface area (Å²) in [6.45, 7) is 5.74. The third kappa shape index (κ3) is 3.92. The summed E-state index contributed by atoms with van der Waals surface area (Å²) in [5.41, 5.74) is 1.20. The van der Waals surface area contributed by atoms with E-state index in [4.69, 9.17) is 16.3 Å². The minimum atomic E-state index is 0.113. The number of hydrogen-bond donors (Lipinski definition) is 2. The Labute approximate surface area is 147 Å². The van der Waals surface area contributed by atoms with Crippen molar-refractivity contribution in [1.29, 1.82) is 0 Å². The average molecular weight is 353 g/mol. The summed E-state index contributed by atoms with van der Waals surface area (Å²) in [4.78, 5) is 3.07. The first-order chi connectivity index (χ1) is 11.7. The largest absolute Gasteiger partial charge is 0.383 e. The van der Waals surface area contributed by atoms with Crippen LogP contribution in [-0.4, -0.2) is 67.2 Å². The van der Waals surface area contributed by atoms with E-state index in [2.05, 4.69) is 34.7 Å². The second kappa shape index (κ2) is 8.02. The Morgan fingerprint density at radius 2 is 1.92 bits per heavy atom. The van der Waals surface area contributed by atoms with E-state index in [0.717, 1.165) is 37.0 Å². The van der Waals surface area contributed by atoms with Gasteiger partial charge in [0.1, 0.15) is 26.2 Å². The first-order valence-corrected chi connectivity index (χ1v) is 8.73. The van der Waals surface area contributed by atoms with Crippen LogP contribution >= 0.6 is 11.6 Å². The minimum Gasteiger partial charge on any atom is -0.383 e. The van der Waals surface area contributed by atoms with E-state index in [1.807, 2.05) is 16.8 Å². The third-order valence-corrected chi connectivity index (χ3v) is 4.93. The highest BCUT2D eigenvalue weighted by atomic mass is 35.5. The lowest BCUT2D eigenvalue weighted by atomic mass is 10.0. The van der Waals surface area contributed by atoms with Gasteiger partial charge in [-0.2, -0.15) is 0 Å². The summed E-state index contributed by atoms with van der Waals surface area (Å²) in [7, 11) is 3.94. The molecule has 8 heteroatoms. The minimum absolute atomic E-state index is 0.113. The maximum atomic E-state index is 6.07. The molecule has 0 saturated carbocycles. The fourth-order valence-corrected chi connectivity index (χ4v) is 3.39. The van der Waals surface area contributed by atoms with Crippen molar-refractivity contribution in [2.75, 3.05) is 46.9 Å². The molecule has 24 heavy (non-hydrogen) atoms. The smallest absolute Gasteiger partial charge is 0.214 e. The van der Waals surface area contributed by atoms with Gasteiger partial charge in [0.05, 0.1) is 20.2 Å². The molecule has 0 bridgehead atoms. The summed E-state index contributed by atoms with van der Waals surface area (Å²) < 4.78 is 7.05. The van der Waals surface area contributed by atoms with E-state index < -0.39 is 0 Å². The van der Waals surface area contributed by atoms with Gasteiger partial charge >= 0.3 is 0 Å². The number of benzene rings is 1. The molecule has 1 atom stereocenters. The zero-order chi connectivity index (χ0) is 16.9. The van der Waals surface area contributed by atoms with Crippen LogP contribution in [0.15, 0.2) is 24.3 Å². The van der Waals surface area contributed by atoms with Crippen molar-refractivity contribution in [2.45, 2.75) is 12.6 Å². The Morgan fingerprint density at radius 1 is 1.21 bits per heavy atom. The lowest BCUT2D eigenvalue weighted by Gasteiger charge is -2.32. The van der Waals surface area contributed by atoms with Crippen LogP contribution in [0.4, 0.5) is 0 Å². The number of rotatable bonds is 6. The van der Waals surface area contributed by atoms with Gasteiger partial charge < -0.3 is 14.5 Å². The normalized spacial score (nSPS) is 22.5. The van der Waals surface area contributed by atoms with Crippen LogP contribution in [0.1, 0.15) is 17.4 Å². The maximum absolute atomic E-state index is 6.07. The SMILES string of the molecule is COCCn1nnnc1[C@@H](c1ccc(Cl)cc1)[NH+]1CC[NH+](C)CC1. The van der Waals surface area contributed by atoms with E-state index in [1.54, 1.807) is 12.0 Å². The van der Waals surface area contributed by atoms with E-state index in [0.29, 0.717) is 13.2 Å². The zero-order valence-electron chi connectivity index (χ0n) is 14.2. The van der Waals surface area contributed by atoms with E-state index in [1.165, 1.54) is 10.5 Å². The molecule has 0 unspecified atom stereocenters. The molecule has 0 amide bonds. The zero-order valence-corrected chi connectivity index (χ0v) is 15.0. The fraction of sp³-hybridized carbons (Fsp3) is 0.562. The van der Waals surface area contributed by atoms with Crippen molar-refractivity contribution < 1.29 is 14.5 Å². The van der Waals surface area contributed by atoms with Gasteiger partial charge in [-0.25, -0.2) is 4.68 Å². The van der Waals surface area contributed by atoms with Crippen molar-refractivity contribution in [3.63, 3.8) is 0 Å². The Kier molecular flexibility index (Phi) is 5.78. The van der Waals surface area contributed by atoms with Gasteiger partial charge in [-0.05, 0) is 22.6 Å². The van der Waals surface area contributed by atoms with Crippen molar-refractivity contribution in [1.82, 2.24) is 20.2 Å². The number of nitrogens with one attached hydrogen (secondary N) is 2. The summed E-state index contributed by atoms with van der Waals surface area (Å²) in [6, 6.07) is 8.16. The molecule has 2 N–H and O–H groups in total. The molecule has 2 aromatic rings. The second-order valence-electron chi connectivity index (χ2n) is 6.35. The Bertz CT molecular complexity index is 638. The fourth-order valence-electron chi connectivity index (χ4n) is 3.26. The molecule has 1 aliphatic heterocycles. The quantitative estimate of drug-likeness (QED) is 0.662. The number of ether oxygens (including phenoxy) is 1. The van der Waals surface area contributed by atoms with Crippen molar-refractivity contribution in [3.8, 4) is 0 Å². The first-order valence-electron chi connectivity index (χ1n) is 8.35. The lowest BCUT2D eigenvalue weighted by molar-refractivity contribution is -1.02. The Morgan fingerprint density at radius 3 is 2.58 bits per heavy atom. The summed E-state index contributed by atoms with van der Waals surface area (Å²) in [6.07, 6.45) is 0. The average Bonchev–Trinajstić information content (AvgIpc) is 3.05. The van der Waals surface area contributed by atoms with E-state index in [-0.39, 0.29) is 6.04 Å². The molecular formula is C16H25ClN6O+2. The van der Waals surface area contributed by atoms with Crippen LogP contribution < -0.4 is 9.80 Å². The van der Waals surface area contributed by atoms with E-state index in [9.17, 15) is 0 Å². The van der Waals surface area contributed by atoms with Crippen LogP contribution in [0, 0.1) is 0 Å². The highest BCUT2D eigenvalue weighted by Gasteiger charge is 2.34. The molecule has 1 aromatic heterocycles. The Hall–Kier alpha value is -1.54. The predicted octanol–water partition coefficient (Wildman–Crippen LogP) is -1.52. The summed E-state index contributed by atoms with van der Waals surface area (Å²) in [5, 5.41) is 13.2. The third-order valence-electron chi connectivity index (χ3n) is 4.68. The van der Waals surface area contributed by atoms with Crippen molar-refractivity contribution in [2.24, 2.45) is 0 Å². The van der Waals surface area contributed by atoms with Crippen molar-refractivity contribution >= 4 is 11.6 Å². The number of nitrogens with zero attached hydrogens (tertiary/aromatic N) is 4. The second-order valence-corrected chi connectivity index (χ2v) is 6.79. The molecule has 3 rings (SSSR count). The van der Waals surface area contributed by atoms with Crippen molar-refractivity contribution in [3.05, 3.63) is 40.7 Å². The number of halogens is 1. The molecular weight excluding hydrogens is 328 g/mol. The number of piperazine rings is 1. The predicted molar refractivity (Wildman–Crippen MR) is 90.3 cm³/mol. The molecule has 0 aliphatic carbocycles. The molecule has 2 heterocycles. The monoisotopic (exact) mass is 352 g/mol. The number of methoxy groups -OCH3 is 1. The molecule has 1 aliphatic rings. The van der Waals surface area contributed by atoms with Gasteiger partial charge in [0.25, 0.3) is 0 Å². The summed E-state index contributed by atoms with van der Waals surface area (Å²) >= 11 is 6.07. The molecule has 0 radical (unpaired) electrons. The maximum Gasteiger partial charge on any atom is 0.214 e. The number of tetrazole rings is 1. The van der Waals surface area contributed by atoms with Crippen LogP contribution in [-0.2, 0) is 11.3 Å². The number of aromatic nitrogens is 4. The molecule has 1 fully saturated rings. The van der Waals surface area contributed by atoms with Crippen LogP contribution in [0.25, 0.3) is 0 Å².